The number of hydroxylamine groups is 2. The van der Waals surface area contributed by atoms with E-state index in [9.17, 15) is 9.59 Å². The number of carbonyl (C=O) groups excluding carboxylic acids is 1. The van der Waals surface area contributed by atoms with Crippen molar-refractivity contribution in [2.75, 3.05) is 6.54 Å². The molecule has 0 radical (unpaired) electrons. The first-order valence-electron chi connectivity index (χ1n) is 1.79. The zero-order valence-electron chi connectivity index (χ0n) is 4.65. The Kier molecular flexibility index (Phi) is 7.12. The smallest absolute Gasteiger partial charge is 0.325 e. The summed E-state index contributed by atoms with van der Waals surface area (Å²) in [4.78, 5) is 19.1. The summed E-state index contributed by atoms with van der Waals surface area (Å²) in [5.74, 6) is -1.25. The molecule has 0 heterocycles. The second kappa shape index (κ2) is 5.66. The average molecular weight is 184 g/mol. The summed E-state index contributed by atoms with van der Waals surface area (Å²) in [5.41, 5.74) is 0. The van der Waals surface area contributed by atoms with Gasteiger partial charge < -0.3 is 5.11 Å². The second-order valence-electron chi connectivity index (χ2n) is 1.10. The van der Waals surface area contributed by atoms with Crippen LogP contribution in [0.1, 0.15) is 0 Å². The molecule has 1 amide bonds. The van der Waals surface area contributed by atoms with Crippen molar-refractivity contribution in [2.24, 2.45) is 0 Å². The van der Waals surface area contributed by atoms with Crippen LogP contribution in [0, 0.1) is 0 Å². The molecule has 0 aromatic rings. The van der Waals surface area contributed by atoms with Crippen LogP contribution in [-0.4, -0.2) is 34.3 Å². The summed E-state index contributed by atoms with van der Waals surface area (Å²) in [7, 11) is 0. The standard InChI is InChI=1S/C3H5NO4.Zn/c5-2-4(8)1-3(6)7;/h2,8H,1H2,(H,6,7);. The van der Waals surface area contributed by atoms with Crippen LogP contribution in [0.4, 0.5) is 0 Å². The van der Waals surface area contributed by atoms with E-state index in [-0.39, 0.29) is 31.0 Å². The SMILES string of the molecule is O=CN(O)CC(=O)O.[Zn]. The van der Waals surface area contributed by atoms with E-state index in [0.29, 0.717) is 0 Å². The molecular formula is C3H5NO4Zn. The van der Waals surface area contributed by atoms with Crippen LogP contribution in [0.2, 0.25) is 0 Å². The fraction of sp³-hybridized carbons (Fsp3) is 0.333. The Hall–Kier alpha value is -0.477. The summed E-state index contributed by atoms with van der Waals surface area (Å²) in [5, 5.41) is 16.0. The molecule has 0 aliphatic rings. The van der Waals surface area contributed by atoms with Gasteiger partial charge >= 0.3 is 5.97 Å². The minimum Gasteiger partial charge on any atom is -0.480 e. The third-order valence-electron chi connectivity index (χ3n) is 0.419. The van der Waals surface area contributed by atoms with Crippen molar-refractivity contribution in [1.82, 2.24) is 5.06 Å². The fourth-order valence-corrected chi connectivity index (χ4v) is 0.176. The molecule has 0 aliphatic carbocycles. The molecule has 2 N–H and O–H groups in total. The minimum absolute atomic E-state index is 0. The first-order chi connectivity index (χ1) is 3.66. The van der Waals surface area contributed by atoms with E-state index in [1.165, 1.54) is 0 Å². The molecule has 0 aliphatic heterocycles. The van der Waals surface area contributed by atoms with Crippen molar-refractivity contribution < 1.29 is 39.4 Å². The Morgan fingerprint density at radius 2 is 2.11 bits per heavy atom. The van der Waals surface area contributed by atoms with Crippen LogP contribution >= 0.6 is 0 Å². The zero-order valence-corrected chi connectivity index (χ0v) is 7.62. The van der Waals surface area contributed by atoms with Gasteiger partial charge in [0, 0.05) is 19.5 Å². The first kappa shape index (κ1) is 11.3. The molecule has 0 rings (SSSR count). The monoisotopic (exact) mass is 183 g/mol. The second-order valence-corrected chi connectivity index (χ2v) is 1.10. The van der Waals surface area contributed by atoms with Crippen molar-refractivity contribution in [3.63, 3.8) is 0 Å². The van der Waals surface area contributed by atoms with Crippen molar-refractivity contribution >= 4 is 12.4 Å². The normalized spacial score (nSPS) is 7.22. The maximum absolute atomic E-state index is 9.61. The molecule has 9 heavy (non-hydrogen) atoms. The van der Waals surface area contributed by atoms with Crippen LogP contribution in [0.3, 0.4) is 0 Å². The molecule has 0 atom stereocenters. The van der Waals surface area contributed by atoms with Crippen molar-refractivity contribution in [1.29, 1.82) is 0 Å². The molecule has 0 spiro atoms. The maximum Gasteiger partial charge on any atom is 0.325 e. The molecule has 0 saturated heterocycles. The van der Waals surface area contributed by atoms with Crippen LogP contribution in [0.15, 0.2) is 0 Å². The number of hydrogen-bond acceptors (Lipinski definition) is 3. The number of rotatable bonds is 3. The van der Waals surface area contributed by atoms with Crippen LogP contribution in [-0.2, 0) is 29.1 Å². The van der Waals surface area contributed by atoms with E-state index in [4.69, 9.17) is 10.3 Å². The number of hydrogen-bond donors (Lipinski definition) is 2. The molecule has 5 nitrogen and oxygen atoms in total. The molecule has 0 aromatic heterocycles. The Bertz CT molecular complexity index is 106. The summed E-state index contributed by atoms with van der Waals surface area (Å²) in [6, 6.07) is 0. The molecule has 0 aromatic carbocycles. The number of nitrogens with zero attached hydrogens (tertiary/aromatic N) is 1. The van der Waals surface area contributed by atoms with Gasteiger partial charge in [-0.3, -0.25) is 14.8 Å². The van der Waals surface area contributed by atoms with E-state index >= 15 is 0 Å². The topological polar surface area (TPSA) is 77.8 Å². The predicted molar refractivity (Wildman–Crippen MR) is 22.2 cm³/mol. The molecule has 48 valence electrons. The molecule has 0 fully saturated rings. The van der Waals surface area contributed by atoms with E-state index in [1.807, 2.05) is 0 Å². The molecule has 6 heteroatoms. The largest absolute Gasteiger partial charge is 0.480 e. The summed E-state index contributed by atoms with van der Waals surface area (Å²) in [6.45, 7) is -0.677. The van der Waals surface area contributed by atoms with Gasteiger partial charge in [-0.25, -0.2) is 5.06 Å². The van der Waals surface area contributed by atoms with Gasteiger partial charge in [-0.1, -0.05) is 0 Å². The fourth-order valence-electron chi connectivity index (χ4n) is 0.176. The van der Waals surface area contributed by atoms with Gasteiger partial charge in [0.25, 0.3) is 0 Å². The predicted octanol–water partition coefficient (Wildman–Crippen LogP) is -1.08. The Morgan fingerprint density at radius 3 is 2.22 bits per heavy atom. The minimum atomic E-state index is -1.25. The van der Waals surface area contributed by atoms with Gasteiger partial charge in [0.15, 0.2) is 0 Å². The Labute approximate surface area is 64.0 Å². The van der Waals surface area contributed by atoms with Gasteiger partial charge in [0.1, 0.15) is 6.54 Å². The van der Waals surface area contributed by atoms with Gasteiger partial charge in [-0.15, -0.1) is 0 Å². The van der Waals surface area contributed by atoms with Crippen LogP contribution < -0.4 is 0 Å². The van der Waals surface area contributed by atoms with E-state index < -0.39 is 12.5 Å². The van der Waals surface area contributed by atoms with E-state index in [0.717, 1.165) is 0 Å². The summed E-state index contributed by atoms with van der Waals surface area (Å²) in [6.07, 6.45) is 0.0219. The quantitative estimate of drug-likeness (QED) is 0.253. The van der Waals surface area contributed by atoms with Gasteiger partial charge in [0.05, 0.1) is 0 Å². The van der Waals surface area contributed by atoms with Crippen molar-refractivity contribution in [3.05, 3.63) is 0 Å². The van der Waals surface area contributed by atoms with Crippen molar-refractivity contribution in [2.45, 2.75) is 0 Å². The van der Waals surface area contributed by atoms with Gasteiger partial charge in [-0.2, -0.15) is 0 Å². The maximum atomic E-state index is 9.61. The molecule has 0 unspecified atom stereocenters. The number of aliphatic carboxylic acids is 1. The first-order valence-corrected chi connectivity index (χ1v) is 1.79. The molecule has 0 bridgehead atoms. The Morgan fingerprint density at radius 1 is 1.67 bits per heavy atom. The summed E-state index contributed by atoms with van der Waals surface area (Å²) < 4.78 is 0. The van der Waals surface area contributed by atoms with Gasteiger partial charge in [0.2, 0.25) is 6.41 Å². The number of carboxylic acid groups (broad SMARTS) is 1. The van der Waals surface area contributed by atoms with Crippen LogP contribution in [0.25, 0.3) is 0 Å². The molecule has 0 saturated carbocycles. The molecular weight excluding hydrogens is 179 g/mol. The average Bonchev–Trinajstić information content (AvgIpc) is 1.65. The Balaban J connectivity index is 0. The third kappa shape index (κ3) is 7.52. The van der Waals surface area contributed by atoms with E-state index in [1.54, 1.807) is 0 Å². The number of amides is 1. The van der Waals surface area contributed by atoms with Crippen molar-refractivity contribution in [3.8, 4) is 0 Å². The third-order valence-corrected chi connectivity index (χ3v) is 0.419. The van der Waals surface area contributed by atoms with Crippen LogP contribution in [0.5, 0.6) is 0 Å². The summed E-state index contributed by atoms with van der Waals surface area (Å²) >= 11 is 0. The number of carbonyl (C=O) groups is 2. The number of carboxylic acids is 1. The zero-order chi connectivity index (χ0) is 6.57. The van der Waals surface area contributed by atoms with Gasteiger partial charge in [-0.05, 0) is 0 Å². The van der Waals surface area contributed by atoms with E-state index in [2.05, 4.69) is 0 Å².